The fourth-order valence-corrected chi connectivity index (χ4v) is 6.35. The van der Waals surface area contributed by atoms with Crippen LogP contribution in [0.4, 0.5) is 5.69 Å². The smallest absolute Gasteiger partial charge is 0.326 e. The summed E-state index contributed by atoms with van der Waals surface area (Å²) < 4.78 is 32.7. The third-order valence-corrected chi connectivity index (χ3v) is 8.47. The zero-order valence-electron chi connectivity index (χ0n) is 24.8. The highest BCUT2D eigenvalue weighted by Crippen LogP contribution is 2.40. The fourth-order valence-electron chi connectivity index (χ4n) is 3.96. The molecule has 2 rings (SSSR count). The van der Waals surface area contributed by atoms with E-state index in [9.17, 15) is 14.2 Å². The van der Waals surface area contributed by atoms with E-state index in [1.807, 2.05) is 13.8 Å². The van der Waals surface area contributed by atoms with Gasteiger partial charge >= 0.3 is 11.9 Å². The van der Waals surface area contributed by atoms with Gasteiger partial charge in [-0.25, -0.2) is 20.1 Å². The van der Waals surface area contributed by atoms with Crippen molar-refractivity contribution in [1.29, 1.82) is 0 Å². The zero-order chi connectivity index (χ0) is 29.8. The summed E-state index contributed by atoms with van der Waals surface area (Å²) in [5, 5.41) is 5.77. The van der Waals surface area contributed by atoms with Crippen LogP contribution in [0.3, 0.4) is 0 Å². The van der Waals surface area contributed by atoms with Crippen LogP contribution in [-0.2, 0) is 34.9 Å². The average molecular weight is 583 g/mol. The molecule has 0 bridgehead atoms. The van der Waals surface area contributed by atoms with Crippen molar-refractivity contribution >= 4 is 36.2 Å². The molecule has 0 aliphatic carbocycles. The molecule has 2 aromatic heterocycles. The van der Waals surface area contributed by atoms with E-state index in [0.717, 1.165) is 38.5 Å². The maximum Gasteiger partial charge on any atom is 0.326 e. The highest BCUT2D eigenvalue weighted by molar-refractivity contribution is 7.59. The van der Waals surface area contributed by atoms with Gasteiger partial charge in [-0.1, -0.05) is 39.5 Å². The van der Waals surface area contributed by atoms with E-state index in [1.165, 1.54) is 0 Å². The van der Waals surface area contributed by atoms with Crippen molar-refractivity contribution in [3.05, 3.63) is 18.6 Å². The molecule has 0 saturated heterocycles. The number of ether oxygens (including phenoxy) is 3. The Hall–Kier alpha value is -2.53. The number of pyridine rings is 1. The van der Waals surface area contributed by atoms with E-state index < -0.39 is 37.1 Å². The molecular formula is C27H47N6O6P. The van der Waals surface area contributed by atoms with E-state index in [4.69, 9.17) is 19.9 Å². The molecule has 2 aromatic rings. The molecule has 0 fully saturated rings. The third kappa shape index (κ3) is 10.5. The van der Waals surface area contributed by atoms with E-state index in [2.05, 4.69) is 27.1 Å². The molecule has 0 radical (unpaired) electrons. The first-order valence-electron chi connectivity index (χ1n) is 14.1. The van der Waals surface area contributed by atoms with Crippen molar-refractivity contribution in [3.63, 3.8) is 0 Å². The maximum absolute atomic E-state index is 14.1. The summed E-state index contributed by atoms with van der Waals surface area (Å²) >= 11 is 0. The highest BCUT2D eigenvalue weighted by Gasteiger charge is 2.39. The molecule has 0 aliphatic rings. The molecule has 0 aliphatic heterocycles. The maximum atomic E-state index is 14.1. The van der Waals surface area contributed by atoms with Crippen LogP contribution in [0.1, 0.15) is 80.1 Å². The molecule has 3 atom stereocenters. The first-order valence-corrected chi connectivity index (χ1v) is 16.0. The molecular weight excluding hydrogens is 535 g/mol. The van der Waals surface area contributed by atoms with Crippen LogP contribution < -0.4 is 15.9 Å². The van der Waals surface area contributed by atoms with Gasteiger partial charge in [-0.3, -0.25) is 14.2 Å². The first-order chi connectivity index (χ1) is 18.9. The number of esters is 2. The van der Waals surface area contributed by atoms with E-state index >= 15 is 0 Å². The molecule has 0 spiro atoms. The van der Waals surface area contributed by atoms with Gasteiger partial charge in [0.25, 0.3) is 0 Å². The summed E-state index contributed by atoms with van der Waals surface area (Å²) in [6, 6.07) is 0.777. The Morgan fingerprint density at radius 1 is 1.07 bits per heavy atom. The minimum absolute atomic E-state index is 0.278. The second kappa shape index (κ2) is 16.0. The summed E-state index contributed by atoms with van der Waals surface area (Å²) in [4.78, 5) is 34.1. The van der Waals surface area contributed by atoms with Gasteiger partial charge in [0, 0.05) is 6.20 Å². The second-order valence-electron chi connectivity index (χ2n) is 10.6. The van der Waals surface area contributed by atoms with Gasteiger partial charge in [0.1, 0.15) is 23.4 Å². The van der Waals surface area contributed by atoms with Gasteiger partial charge < -0.3 is 24.5 Å². The van der Waals surface area contributed by atoms with Crippen LogP contribution in [-0.4, -0.2) is 63.7 Å². The molecule has 0 amide bonds. The number of nitrogens with two attached hydrogens (primary N) is 1. The van der Waals surface area contributed by atoms with Crippen molar-refractivity contribution < 1.29 is 28.4 Å². The van der Waals surface area contributed by atoms with Crippen molar-refractivity contribution in [2.24, 2.45) is 0 Å². The van der Waals surface area contributed by atoms with Gasteiger partial charge in [0.05, 0.1) is 37.9 Å². The number of hydrogen-bond donors (Lipinski definition) is 3. The number of nitrogens with zero attached hydrogens (tertiary/aromatic N) is 3. The predicted molar refractivity (Wildman–Crippen MR) is 156 cm³/mol. The average Bonchev–Trinajstić information content (AvgIpc) is 3.30. The molecule has 226 valence electrons. The van der Waals surface area contributed by atoms with Gasteiger partial charge in [-0.15, -0.1) is 0 Å². The quantitative estimate of drug-likeness (QED) is 0.122. The largest absolute Gasteiger partial charge is 0.465 e. The predicted octanol–water partition coefficient (Wildman–Crippen LogP) is 4.38. The van der Waals surface area contributed by atoms with E-state index in [-0.39, 0.29) is 19.6 Å². The lowest BCUT2D eigenvalue weighted by molar-refractivity contribution is -0.149. The Balaban J connectivity index is 2.11. The number of nitrogens with one attached hydrogen (secondary N) is 2. The number of unbranched alkanes of at least 4 members (excludes halogenated alkanes) is 4. The number of anilines is 1. The Morgan fingerprint density at radius 3 is 2.48 bits per heavy atom. The molecule has 1 unspecified atom stereocenters. The number of carbonyl (C=O) groups excluding carboxylic acids is 2. The standard InChI is InChI=1S/C27H47N6O6P/c1-7-9-11-12-16-38-26(35)27(5,6)32-40(36,31-21(4)25(34)37-15-10-8-2)19-39-20(3)17-33-18-30-23-22(28)13-14-29-24(23)33/h13-14,18,20-21H,7-12,15-17,19H2,1-6H3,(H2,28,29)(H2,31,32,36)/t20-,21-,40?/m1/s1. The molecule has 2 heterocycles. The van der Waals surface area contributed by atoms with Crippen LogP contribution in [0.15, 0.2) is 18.6 Å². The Bertz CT molecular complexity index is 1140. The number of imidazole rings is 1. The Labute approximate surface area is 237 Å². The van der Waals surface area contributed by atoms with Gasteiger partial charge in [0.2, 0.25) is 7.44 Å². The van der Waals surface area contributed by atoms with Crippen LogP contribution in [0.5, 0.6) is 0 Å². The summed E-state index contributed by atoms with van der Waals surface area (Å²) in [6.07, 6.45) is 8.00. The molecule has 0 aromatic carbocycles. The summed E-state index contributed by atoms with van der Waals surface area (Å²) in [6.45, 7) is 11.6. The number of rotatable bonds is 19. The molecule has 40 heavy (non-hydrogen) atoms. The Kier molecular flexibility index (Phi) is 13.5. The zero-order valence-corrected chi connectivity index (χ0v) is 25.7. The fraction of sp³-hybridized carbons (Fsp3) is 0.704. The summed E-state index contributed by atoms with van der Waals surface area (Å²) in [5.41, 5.74) is 6.40. The lowest BCUT2D eigenvalue weighted by Crippen LogP contribution is -2.50. The van der Waals surface area contributed by atoms with Crippen molar-refractivity contribution in [2.75, 3.05) is 25.3 Å². The van der Waals surface area contributed by atoms with E-state index in [0.29, 0.717) is 23.4 Å². The number of aromatic nitrogens is 3. The SMILES string of the molecule is CCCCCCOC(=O)C(C)(C)NP(=O)(CO[C@H](C)Cn1cnc2c(N)ccnc21)N[C@H](C)C(=O)OCCCC. The van der Waals surface area contributed by atoms with Crippen LogP contribution >= 0.6 is 7.44 Å². The number of carbonyl (C=O) groups is 2. The normalized spacial score (nSPS) is 14.9. The Morgan fingerprint density at radius 2 is 1.77 bits per heavy atom. The third-order valence-electron chi connectivity index (χ3n) is 6.23. The molecule has 4 N–H and O–H groups in total. The van der Waals surface area contributed by atoms with Gasteiger partial charge in [0.15, 0.2) is 5.65 Å². The molecule has 0 saturated carbocycles. The van der Waals surface area contributed by atoms with Crippen LogP contribution in [0, 0.1) is 0 Å². The van der Waals surface area contributed by atoms with Crippen molar-refractivity contribution in [1.82, 2.24) is 24.7 Å². The minimum atomic E-state index is -3.68. The van der Waals surface area contributed by atoms with Crippen LogP contribution in [0.25, 0.3) is 11.2 Å². The van der Waals surface area contributed by atoms with Crippen LogP contribution in [0.2, 0.25) is 0 Å². The second-order valence-corrected chi connectivity index (χ2v) is 12.8. The number of hydrogen-bond acceptors (Lipinski definition) is 9. The highest BCUT2D eigenvalue weighted by atomic mass is 31.2. The summed E-state index contributed by atoms with van der Waals surface area (Å²) in [7, 11) is -3.68. The van der Waals surface area contributed by atoms with Crippen molar-refractivity contribution in [2.45, 2.75) is 104 Å². The van der Waals surface area contributed by atoms with Gasteiger partial charge in [-0.05, 0) is 46.6 Å². The topological polar surface area (TPSA) is 160 Å². The molecule has 13 heteroatoms. The van der Waals surface area contributed by atoms with E-state index in [1.54, 1.807) is 43.9 Å². The number of nitrogen functional groups attached to an aromatic ring is 1. The lowest BCUT2D eigenvalue weighted by Gasteiger charge is -2.32. The lowest BCUT2D eigenvalue weighted by atomic mass is 10.1. The van der Waals surface area contributed by atoms with Gasteiger partial charge in [-0.2, -0.15) is 0 Å². The summed E-state index contributed by atoms with van der Waals surface area (Å²) in [5.74, 6) is -1.07. The number of fused-ring (bicyclic) bond motifs is 1. The monoisotopic (exact) mass is 582 g/mol. The molecule has 12 nitrogen and oxygen atoms in total. The minimum Gasteiger partial charge on any atom is -0.465 e. The first kappa shape index (κ1) is 33.7. The van der Waals surface area contributed by atoms with Crippen molar-refractivity contribution in [3.8, 4) is 0 Å².